The molecule has 0 spiro atoms. The summed E-state index contributed by atoms with van der Waals surface area (Å²) in [6.07, 6.45) is 1.57. The molecule has 0 aliphatic carbocycles. The van der Waals surface area contributed by atoms with Crippen LogP contribution in [0, 0.1) is 6.92 Å². The molecule has 24 heavy (non-hydrogen) atoms. The first-order valence-corrected chi connectivity index (χ1v) is 7.67. The van der Waals surface area contributed by atoms with E-state index in [1.54, 1.807) is 36.5 Å². The molecule has 2 N–H and O–H groups in total. The van der Waals surface area contributed by atoms with Crippen LogP contribution in [0.3, 0.4) is 0 Å². The van der Waals surface area contributed by atoms with E-state index in [0.29, 0.717) is 28.8 Å². The molecule has 0 atom stereocenters. The number of aromatic nitrogens is 2. The topological polar surface area (TPSA) is 80.0 Å². The Hall–Kier alpha value is -2.86. The number of anilines is 2. The van der Waals surface area contributed by atoms with Crippen molar-refractivity contribution in [1.82, 2.24) is 15.5 Å². The van der Waals surface area contributed by atoms with Crippen molar-refractivity contribution in [2.45, 2.75) is 13.5 Å². The van der Waals surface area contributed by atoms with Crippen molar-refractivity contribution in [2.75, 3.05) is 5.32 Å². The number of halogens is 1. The lowest BCUT2D eigenvalue weighted by Gasteiger charge is -2.06. The minimum Gasteiger partial charge on any atom is -0.360 e. The molecule has 0 aliphatic heterocycles. The van der Waals surface area contributed by atoms with Crippen molar-refractivity contribution in [3.05, 3.63) is 70.7 Å². The number of hydrogen-bond acceptors (Lipinski definition) is 5. The van der Waals surface area contributed by atoms with Gasteiger partial charge in [-0.15, -0.1) is 0 Å². The van der Waals surface area contributed by atoms with E-state index < -0.39 is 0 Å². The number of rotatable bonds is 5. The van der Waals surface area contributed by atoms with Crippen molar-refractivity contribution in [2.24, 2.45) is 0 Å². The van der Waals surface area contributed by atoms with E-state index in [9.17, 15) is 4.79 Å². The van der Waals surface area contributed by atoms with Crippen LogP contribution in [0.4, 0.5) is 11.5 Å². The molecule has 0 radical (unpaired) electrons. The highest BCUT2D eigenvalue weighted by molar-refractivity contribution is 6.30. The molecular weight excluding hydrogens is 328 g/mol. The van der Waals surface area contributed by atoms with Crippen LogP contribution in [-0.4, -0.2) is 16.0 Å². The second-order valence-electron chi connectivity index (χ2n) is 5.19. The van der Waals surface area contributed by atoms with Crippen molar-refractivity contribution < 1.29 is 9.32 Å². The summed E-state index contributed by atoms with van der Waals surface area (Å²) in [5.74, 6) is 1.06. The average molecular weight is 343 g/mol. The van der Waals surface area contributed by atoms with E-state index >= 15 is 0 Å². The summed E-state index contributed by atoms with van der Waals surface area (Å²) in [7, 11) is 0. The lowest BCUT2D eigenvalue weighted by atomic mass is 10.2. The summed E-state index contributed by atoms with van der Waals surface area (Å²) in [5.41, 5.74) is 2.02. The van der Waals surface area contributed by atoms with E-state index in [4.69, 9.17) is 16.1 Å². The van der Waals surface area contributed by atoms with Gasteiger partial charge in [0.05, 0.1) is 11.9 Å². The van der Waals surface area contributed by atoms with Gasteiger partial charge in [-0.3, -0.25) is 4.79 Å². The first-order valence-electron chi connectivity index (χ1n) is 7.29. The molecule has 0 aliphatic rings. The quantitative estimate of drug-likeness (QED) is 0.739. The molecule has 6 nitrogen and oxygen atoms in total. The molecule has 3 aromatic rings. The third-order valence-electron chi connectivity index (χ3n) is 3.26. The van der Waals surface area contributed by atoms with Crippen LogP contribution in [0.1, 0.15) is 21.8 Å². The van der Waals surface area contributed by atoms with E-state index in [1.165, 1.54) is 0 Å². The number of nitrogens with zero attached hydrogens (tertiary/aromatic N) is 2. The fourth-order valence-electron chi connectivity index (χ4n) is 2.05. The van der Waals surface area contributed by atoms with Gasteiger partial charge >= 0.3 is 0 Å². The van der Waals surface area contributed by atoms with Crippen LogP contribution in [0.5, 0.6) is 0 Å². The maximum Gasteiger partial charge on any atom is 0.270 e. The van der Waals surface area contributed by atoms with E-state index in [1.807, 2.05) is 19.1 Å². The number of nitrogens with one attached hydrogen (secondary N) is 2. The van der Waals surface area contributed by atoms with Gasteiger partial charge in [-0.1, -0.05) is 28.9 Å². The molecule has 3 rings (SSSR count). The summed E-state index contributed by atoms with van der Waals surface area (Å²) in [6.45, 7) is 2.22. The molecule has 0 saturated heterocycles. The first kappa shape index (κ1) is 16.0. The van der Waals surface area contributed by atoms with Gasteiger partial charge in [0.25, 0.3) is 5.91 Å². The highest BCUT2D eigenvalue weighted by Crippen LogP contribution is 2.15. The number of pyridine rings is 1. The molecule has 2 heterocycles. The second kappa shape index (κ2) is 7.14. The lowest BCUT2D eigenvalue weighted by molar-refractivity contribution is 0.0946. The van der Waals surface area contributed by atoms with Crippen LogP contribution < -0.4 is 10.6 Å². The highest BCUT2D eigenvalue weighted by Gasteiger charge is 2.08. The van der Waals surface area contributed by atoms with Gasteiger partial charge in [0.2, 0.25) is 0 Å². The predicted octanol–water partition coefficient (Wildman–Crippen LogP) is 3.71. The zero-order valence-electron chi connectivity index (χ0n) is 12.9. The van der Waals surface area contributed by atoms with E-state index in [0.717, 1.165) is 11.3 Å². The van der Waals surface area contributed by atoms with Crippen LogP contribution in [0.25, 0.3) is 0 Å². The van der Waals surface area contributed by atoms with Gasteiger partial charge in [-0.25, -0.2) is 4.98 Å². The van der Waals surface area contributed by atoms with Gasteiger partial charge in [0, 0.05) is 17.6 Å². The van der Waals surface area contributed by atoms with Gasteiger partial charge in [0.1, 0.15) is 11.5 Å². The van der Waals surface area contributed by atoms with Gasteiger partial charge in [-0.05, 0) is 36.8 Å². The Morgan fingerprint density at radius 2 is 2.00 bits per heavy atom. The molecular formula is C17H15ClN4O2. The molecule has 1 aromatic carbocycles. The molecule has 122 valence electrons. The van der Waals surface area contributed by atoms with Crippen molar-refractivity contribution >= 4 is 29.0 Å². The Balaban J connectivity index is 1.58. The SMILES string of the molecule is Cc1cc(Nc2ccc(C(=O)NCc3ccc(Cl)cc3)nc2)no1. The largest absolute Gasteiger partial charge is 0.360 e. The summed E-state index contributed by atoms with van der Waals surface area (Å²) >= 11 is 5.83. The van der Waals surface area contributed by atoms with Gasteiger partial charge in [0.15, 0.2) is 5.82 Å². The molecule has 0 bridgehead atoms. The standard InChI is InChI=1S/C17H15ClN4O2/c1-11-8-16(22-24-11)21-14-6-7-15(19-10-14)17(23)20-9-12-2-4-13(18)5-3-12/h2-8,10H,9H2,1H3,(H,20,23)(H,21,22). The summed E-state index contributed by atoms with van der Waals surface area (Å²) in [5, 5.41) is 10.4. The Morgan fingerprint density at radius 1 is 1.21 bits per heavy atom. The van der Waals surface area contributed by atoms with Crippen LogP contribution in [0.2, 0.25) is 5.02 Å². The molecule has 0 fully saturated rings. The van der Waals surface area contributed by atoms with Crippen molar-refractivity contribution in [3.63, 3.8) is 0 Å². The normalized spacial score (nSPS) is 10.4. The number of carbonyl (C=O) groups is 1. The van der Waals surface area contributed by atoms with Crippen LogP contribution in [0.15, 0.2) is 53.2 Å². The van der Waals surface area contributed by atoms with Crippen LogP contribution >= 0.6 is 11.6 Å². The summed E-state index contributed by atoms with van der Waals surface area (Å²) in [6, 6.07) is 12.5. The summed E-state index contributed by atoms with van der Waals surface area (Å²) in [4.78, 5) is 16.3. The maximum absolute atomic E-state index is 12.1. The molecule has 7 heteroatoms. The minimum absolute atomic E-state index is 0.242. The number of carbonyl (C=O) groups excluding carboxylic acids is 1. The van der Waals surface area contributed by atoms with Crippen molar-refractivity contribution in [3.8, 4) is 0 Å². The predicted molar refractivity (Wildman–Crippen MR) is 91.4 cm³/mol. The zero-order valence-corrected chi connectivity index (χ0v) is 13.7. The molecule has 0 unspecified atom stereocenters. The fourth-order valence-corrected chi connectivity index (χ4v) is 2.18. The average Bonchev–Trinajstić information content (AvgIpc) is 2.99. The minimum atomic E-state index is -0.242. The number of aryl methyl sites for hydroxylation is 1. The highest BCUT2D eigenvalue weighted by atomic mass is 35.5. The fraction of sp³-hybridized carbons (Fsp3) is 0.118. The number of benzene rings is 1. The van der Waals surface area contributed by atoms with E-state index in [2.05, 4.69) is 20.8 Å². The first-order chi connectivity index (χ1) is 11.6. The number of hydrogen-bond donors (Lipinski definition) is 2. The number of amides is 1. The Bertz CT molecular complexity index is 829. The Kier molecular flexibility index (Phi) is 4.77. The van der Waals surface area contributed by atoms with Gasteiger partial charge in [-0.2, -0.15) is 0 Å². The lowest BCUT2D eigenvalue weighted by Crippen LogP contribution is -2.23. The Labute approximate surface area is 143 Å². The molecule has 1 amide bonds. The van der Waals surface area contributed by atoms with Crippen molar-refractivity contribution in [1.29, 1.82) is 0 Å². The zero-order chi connectivity index (χ0) is 16.9. The van der Waals surface area contributed by atoms with Crippen LogP contribution in [-0.2, 0) is 6.54 Å². The Morgan fingerprint density at radius 3 is 2.62 bits per heavy atom. The monoisotopic (exact) mass is 342 g/mol. The molecule has 0 saturated carbocycles. The maximum atomic E-state index is 12.1. The van der Waals surface area contributed by atoms with E-state index in [-0.39, 0.29) is 5.91 Å². The third kappa shape index (κ3) is 4.11. The molecule has 2 aromatic heterocycles. The second-order valence-corrected chi connectivity index (χ2v) is 5.63. The third-order valence-corrected chi connectivity index (χ3v) is 3.51. The van der Waals surface area contributed by atoms with Gasteiger partial charge < -0.3 is 15.2 Å². The summed E-state index contributed by atoms with van der Waals surface area (Å²) < 4.78 is 4.97. The smallest absolute Gasteiger partial charge is 0.270 e.